The molecule has 0 heterocycles. The van der Waals surface area contributed by atoms with E-state index in [0.29, 0.717) is 35.0 Å². The van der Waals surface area contributed by atoms with Crippen molar-refractivity contribution in [3.05, 3.63) is 53.6 Å². The van der Waals surface area contributed by atoms with Crippen molar-refractivity contribution >= 4 is 29.5 Å². The highest BCUT2D eigenvalue weighted by Gasteiger charge is 2.13. The summed E-state index contributed by atoms with van der Waals surface area (Å²) in [7, 11) is 1.49. The summed E-state index contributed by atoms with van der Waals surface area (Å²) in [6.07, 6.45) is 2.43. The Morgan fingerprint density at radius 3 is 2.59 bits per heavy atom. The number of esters is 1. The number of hydrazone groups is 1. The third-order valence-corrected chi connectivity index (χ3v) is 3.43. The number of carbonyl (C=O) groups excluding carboxylic acids is 1. The Morgan fingerprint density at radius 2 is 1.96 bits per heavy atom. The minimum absolute atomic E-state index is 0.0647. The second-order valence-corrected chi connectivity index (χ2v) is 5.85. The number of hydrogen-bond donors (Lipinski definition) is 2. The SMILES string of the molecule is CCCOc1ccc(C(=O)Oc2ccc(/C=N\NC(N)=S)cc2OC)cc1. The van der Waals surface area contributed by atoms with Gasteiger partial charge in [0.2, 0.25) is 0 Å². The van der Waals surface area contributed by atoms with E-state index >= 15 is 0 Å². The van der Waals surface area contributed by atoms with Gasteiger partial charge in [-0.15, -0.1) is 0 Å². The Kier molecular flexibility index (Phi) is 7.57. The number of carbonyl (C=O) groups is 1. The predicted octanol–water partition coefficient (Wildman–Crippen LogP) is 2.87. The summed E-state index contributed by atoms with van der Waals surface area (Å²) in [5, 5.41) is 3.93. The van der Waals surface area contributed by atoms with E-state index in [1.807, 2.05) is 6.92 Å². The summed E-state index contributed by atoms with van der Waals surface area (Å²) in [4.78, 5) is 12.4. The van der Waals surface area contributed by atoms with E-state index in [9.17, 15) is 4.79 Å². The van der Waals surface area contributed by atoms with Crippen molar-refractivity contribution in [2.24, 2.45) is 10.8 Å². The summed E-state index contributed by atoms with van der Waals surface area (Å²) >= 11 is 4.67. The van der Waals surface area contributed by atoms with Gasteiger partial charge in [0.15, 0.2) is 16.6 Å². The summed E-state index contributed by atoms with van der Waals surface area (Å²) in [5.74, 6) is 0.908. The molecule has 0 atom stereocenters. The molecule has 3 N–H and O–H groups in total. The van der Waals surface area contributed by atoms with Crippen molar-refractivity contribution in [2.45, 2.75) is 13.3 Å². The van der Waals surface area contributed by atoms with Crippen LogP contribution < -0.4 is 25.4 Å². The van der Waals surface area contributed by atoms with Crippen molar-refractivity contribution < 1.29 is 19.0 Å². The predicted molar refractivity (Wildman–Crippen MR) is 108 cm³/mol. The molecule has 0 aliphatic carbocycles. The largest absolute Gasteiger partial charge is 0.494 e. The Labute approximate surface area is 163 Å². The lowest BCUT2D eigenvalue weighted by Gasteiger charge is -2.10. The maximum absolute atomic E-state index is 12.4. The van der Waals surface area contributed by atoms with Gasteiger partial charge in [-0.1, -0.05) is 6.92 Å². The third kappa shape index (κ3) is 6.27. The fourth-order valence-electron chi connectivity index (χ4n) is 2.09. The van der Waals surface area contributed by atoms with E-state index in [1.54, 1.807) is 42.5 Å². The van der Waals surface area contributed by atoms with Crippen LogP contribution in [0.3, 0.4) is 0 Å². The quantitative estimate of drug-likeness (QED) is 0.236. The average molecular weight is 387 g/mol. The molecule has 0 radical (unpaired) electrons. The molecule has 0 amide bonds. The zero-order chi connectivity index (χ0) is 19.6. The molecule has 0 aliphatic rings. The van der Waals surface area contributed by atoms with Crippen molar-refractivity contribution in [1.82, 2.24) is 5.43 Å². The topological polar surface area (TPSA) is 95.2 Å². The molecule has 7 nitrogen and oxygen atoms in total. The average Bonchev–Trinajstić information content (AvgIpc) is 2.67. The lowest BCUT2D eigenvalue weighted by molar-refractivity contribution is 0.0729. The number of rotatable bonds is 8. The Hall–Kier alpha value is -3.13. The second kappa shape index (κ2) is 10.1. The van der Waals surface area contributed by atoms with Gasteiger partial charge < -0.3 is 19.9 Å². The Bertz CT molecular complexity index is 822. The number of methoxy groups -OCH3 is 1. The molecule has 0 saturated carbocycles. The van der Waals surface area contributed by atoms with Gasteiger partial charge in [-0.05, 0) is 66.7 Å². The van der Waals surface area contributed by atoms with Crippen LogP contribution in [0.25, 0.3) is 0 Å². The molecule has 0 fully saturated rings. The van der Waals surface area contributed by atoms with Crippen molar-refractivity contribution in [3.8, 4) is 17.2 Å². The van der Waals surface area contributed by atoms with Crippen LogP contribution in [0.5, 0.6) is 17.2 Å². The highest BCUT2D eigenvalue weighted by atomic mass is 32.1. The molecule has 0 aromatic heterocycles. The van der Waals surface area contributed by atoms with Gasteiger partial charge in [0.25, 0.3) is 0 Å². The van der Waals surface area contributed by atoms with E-state index in [0.717, 1.165) is 6.42 Å². The minimum atomic E-state index is -0.494. The van der Waals surface area contributed by atoms with Gasteiger partial charge >= 0.3 is 5.97 Å². The fourth-order valence-corrected chi connectivity index (χ4v) is 2.14. The lowest BCUT2D eigenvalue weighted by atomic mass is 10.2. The van der Waals surface area contributed by atoms with Gasteiger partial charge in [-0.25, -0.2) is 4.79 Å². The van der Waals surface area contributed by atoms with Crippen LogP contribution >= 0.6 is 12.2 Å². The van der Waals surface area contributed by atoms with Crippen LogP contribution in [0, 0.1) is 0 Å². The van der Waals surface area contributed by atoms with Crippen LogP contribution in [-0.4, -0.2) is 31.0 Å². The zero-order valence-electron chi connectivity index (χ0n) is 15.1. The summed E-state index contributed by atoms with van der Waals surface area (Å²) in [5.41, 5.74) is 8.88. The molecule has 27 heavy (non-hydrogen) atoms. The number of hydrogen-bond acceptors (Lipinski definition) is 6. The molecular weight excluding hydrogens is 366 g/mol. The van der Waals surface area contributed by atoms with Gasteiger partial charge in [0, 0.05) is 0 Å². The lowest BCUT2D eigenvalue weighted by Crippen LogP contribution is -2.23. The monoisotopic (exact) mass is 387 g/mol. The number of ether oxygens (including phenoxy) is 3. The number of nitrogens with one attached hydrogen (secondary N) is 1. The first-order chi connectivity index (χ1) is 13.0. The highest BCUT2D eigenvalue weighted by molar-refractivity contribution is 7.80. The van der Waals surface area contributed by atoms with Crippen molar-refractivity contribution in [3.63, 3.8) is 0 Å². The summed E-state index contributed by atoms with van der Waals surface area (Å²) in [6.45, 7) is 2.66. The number of thiocarbonyl (C=S) groups is 1. The van der Waals surface area contributed by atoms with Gasteiger partial charge in [-0.3, -0.25) is 5.43 Å². The molecule has 2 rings (SSSR count). The van der Waals surface area contributed by atoms with Crippen LogP contribution in [0.2, 0.25) is 0 Å². The number of nitrogens with two attached hydrogens (primary N) is 1. The molecule has 0 bridgehead atoms. The Balaban J connectivity index is 2.08. The maximum Gasteiger partial charge on any atom is 0.343 e. The van der Waals surface area contributed by atoms with E-state index in [2.05, 4.69) is 22.7 Å². The van der Waals surface area contributed by atoms with Crippen molar-refractivity contribution in [2.75, 3.05) is 13.7 Å². The molecule has 0 saturated heterocycles. The fraction of sp³-hybridized carbons (Fsp3) is 0.211. The molecule has 0 unspecified atom stereocenters. The maximum atomic E-state index is 12.4. The molecule has 0 aliphatic heterocycles. The number of benzene rings is 2. The van der Waals surface area contributed by atoms with Gasteiger partial charge in [0.1, 0.15) is 5.75 Å². The van der Waals surface area contributed by atoms with E-state index in [1.165, 1.54) is 13.3 Å². The van der Waals surface area contributed by atoms with Crippen LogP contribution in [0.15, 0.2) is 47.6 Å². The summed E-state index contributed by atoms with van der Waals surface area (Å²) < 4.78 is 16.2. The minimum Gasteiger partial charge on any atom is -0.494 e. The first-order valence-electron chi connectivity index (χ1n) is 8.25. The van der Waals surface area contributed by atoms with Crippen LogP contribution in [0.1, 0.15) is 29.3 Å². The van der Waals surface area contributed by atoms with E-state index in [-0.39, 0.29) is 5.11 Å². The molecular formula is C19H21N3O4S. The standard InChI is InChI=1S/C19H21N3O4S/c1-3-10-25-15-7-5-14(6-8-15)18(23)26-16-9-4-13(11-17(16)24-2)12-21-22-19(20)27/h4-9,11-12H,3,10H2,1-2H3,(H3,20,22,27)/b21-12-. The number of nitrogens with zero attached hydrogens (tertiary/aromatic N) is 1. The molecule has 2 aromatic carbocycles. The van der Waals surface area contributed by atoms with Gasteiger partial charge in [0.05, 0.1) is 25.5 Å². The first-order valence-corrected chi connectivity index (χ1v) is 8.66. The Morgan fingerprint density at radius 1 is 1.22 bits per heavy atom. The van der Waals surface area contributed by atoms with Gasteiger partial charge in [-0.2, -0.15) is 5.10 Å². The molecule has 142 valence electrons. The van der Waals surface area contributed by atoms with Crippen molar-refractivity contribution in [1.29, 1.82) is 0 Å². The van der Waals surface area contributed by atoms with Crippen LogP contribution in [0.4, 0.5) is 0 Å². The zero-order valence-corrected chi connectivity index (χ0v) is 15.9. The highest BCUT2D eigenvalue weighted by Crippen LogP contribution is 2.28. The first kappa shape index (κ1) is 20.2. The van der Waals surface area contributed by atoms with E-state index in [4.69, 9.17) is 19.9 Å². The normalized spacial score (nSPS) is 10.4. The van der Waals surface area contributed by atoms with E-state index < -0.39 is 5.97 Å². The molecule has 0 spiro atoms. The second-order valence-electron chi connectivity index (χ2n) is 5.41. The third-order valence-electron chi connectivity index (χ3n) is 3.34. The summed E-state index contributed by atoms with van der Waals surface area (Å²) in [6, 6.07) is 11.8. The van der Waals surface area contributed by atoms with Crippen LogP contribution in [-0.2, 0) is 0 Å². The molecule has 2 aromatic rings. The molecule has 8 heteroatoms. The smallest absolute Gasteiger partial charge is 0.343 e.